The molecule has 0 aliphatic heterocycles. The summed E-state index contributed by atoms with van der Waals surface area (Å²) in [5, 5.41) is 6.17. The lowest BCUT2D eigenvalue weighted by Gasteiger charge is -2.19. The molecule has 2 N–H and O–H groups in total. The van der Waals surface area contributed by atoms with Crippen LogP contribution in [0.2, 0.25) is 0 Å². The zero-order valence-electron chi connectivity index (χ0n) is 15.2. The second kappa shape index (κ2) is 8.92. The number of anilines is 1. The van der Waals surface area contributed by atoms with E-state index in [4.69, 9.17) is 0 Å². The van der Waals surface area contributed by atoms with E-state index in [1.807, 2.05) is 60.7 Å². The first kappa shape index (κ1) is 18.5. The van der Waals surface area contributed by atoms with Gasteiger partial charge in [-0.25, -0.2) is 0 Å². The van der Waals surface area contributed by atoms with Gasteiger partial charge in [-0.3, -0.25) is 14.9 Å². The minimum atomic E-state index is -0.160. The molecular weight excluding hydrogens is 336 g/mol. The van der Waals surface area contributed by atoms with Crippen LogP contribution in [0.1, 0.15) is 34.5 Å². The number of amides is 1. The van der Waals surface area contributed by atoms with E-state index in [2.05, 4.69) is 10.6 Å². The molecule has 0 spiro atoms. The molecule has 4 heteroatoms. The summed E-state index contributed by atoms with van der Waals surface area (Å²) >= 11 is 0. The Morgan fingerprint density at radius 2 is 1.41 bits per heavy atom. The summed E-state index contributed by atoms with van der Waals surface area (Å²) in [5.74, 6) is -0.190. The number of carbonyl (C=O) groups is 2. The predicted octanol–water partition coefficient (Wildman–Crippen LogP) is 4.21. The molecular formula is C23H22N2O2. The number of carbonyl (C=O) groups excluding carboxylic acids is 2. The number of hydrogen-bond acceptors (Lipinski definition) is 3. The summed E-state index contributed by atoms with van der Waals surface area (Å²) in [4.78, 5) is 23.9. The quantitative estimate of drug-likeness (QED) is 0.622. The van der Waals surface area contributed by atoms with Crippen LogP contribution in [0.15, 0.2) is 84.9 Å². The zero-order chi connectivity index (χ0) is 19.1. The molecule has 0 bridgehead atoms. The van der Waals surface area contributed by atoms with Crippen LogP contribution in [0.3, 0.4) is 0 Å². The average molecular weight is 358 g/mol. The Balaban J connectivity index is 1.69. The van der Waals surface area contributed by atoms with Gasteiger partial charge in [0.15, 0.2) is 5.78 Å². The summed E-state index contributed by atoms with van der Waals surface area (Å²) in [6.07, 6.45) is 0. The molecule has 0 aromatic heterocycles. The highest BCUT2D eigenvalue weighted by molar-refractivity contribution is 5.97. The van der Waals surface area contributed by atoms with Crippen molar-refractivity contribution in [3.63, 3.8) is 0 Å². The fourth-order valence-electron chi connectivity index (χ4n) is 2.94. The van der Waals surface area contributed by atoms with E-state index >= 15 is 0 Å². The third-order valence-corrected chi connectivity index (χ3v) is 4.29. The Labute approximate surface area is 159 Å². The van der Waals surface area contributed by atoms with Gasteiger partial charge in [0.2, 0.25) is 5.91 Å². The van der Waals surface area contributed by atoms with Gasteiger partial charge < -0.3 is 5.32 Å². The third-order valence-electron chi connectivity index (χ3n) is 4.29. The second-order valence-corrected chi connectivity index (χ2v) is 6.32. The molecule has 136 valence electrons. The lowest BCUT2D eigenvalue weighted by atomic mass is 9.99. The van der Waals surface area contributed by atoms with Crippen molar-refractivity contribution in [1.29, 1.82) is 0 Å². The third kappa shape index (κ3) is 5.12. The summed E-state index contributed by atoms with van der Waals surface area (Å²) in [7, 11) is 0. The van der Waals surface area contributed by atoms with Crippen LogP contribution in [0.5, 0.6) is 0 Å². The van der Waals surface area contributed by atoms with Crippen molar-refractivity contribution in [3.8, 4) is 0 Å². The maximum atomic E-state index is 12.4. The van der Waals surface area contributed by atoms with Crippen molar-refractivity contribution in [3.05, 3.63) is 102 Å². The van der Waals surface area contributed by atoms with Gasteiger partial charge in [0.25, 0.3) is 0 Å². The first-order valence-corrected chi connectivity index (χ1v) is 8.87. The predicted molar refractivity (Wildman–Crippen MR) is 108 cm³/mol. The van der Waals surface area contributed by atoms with Crippen molar-refractivity contribution >= 4 is 17.4 Å². The van der Waals surface area contributed by atoms with Crippen LogP contribution in [-0.2, 0) is 4.79 Å². The van der Waals surface area contributed by atoms with Crippen LogP contribution in [0, 0.1) is 0 Å². The van der Waals surface area contributed by atoms with Gasteiger partial charge in [-0.05, 0) is 30.2 Å². The van der Waals surface area contributed by atoms with Gasteiger partial charge in [-0.1, -0.05) is 72.8 Å². The summed E-state index contributed by atoms with van der Waals surface area (Å²) in [6, 6.07) is 26.9. The maximum Gasteiger partial charge on any atom is 0.238 e. The molecule has 0 unspecified atom stereocenters. The largest absolute Gasteiger partial charge is 0.325 e. The van der Waals surface area contributed by atoms with Crippen LogP contribution in [0.25, 0.3) is 0 Å². The van der Waals surface area contributed by atoms with Crippen molar-refractivity contribution in [2.24, 2.45) is 0 Å². The molecule has 0 fully saturated rings. The molecule has 4 nitrogen and oxygen atoms in total. The van der Waals surface area contributed by atoms with E-state index in [0.29, 0.717) is 11.3 Å². The molecule has 0 aliphatic carbocycles. The van der Waals surface area contributed by atoms with Gasteiger partial charge in [0.05, 0.1) is 12.6 Å². The Morgan fingerprint density at radius 1 is 0.815 bits per heavy atom. The zero-order valence-corrected chi connectivity index (χ0v) is 15.2. The highest BCUT2D eigenvalue weighted by Gasteiger charge is 2.15. The molecule has 0 saturated heterocycles. The highest BCUT2D eigenvalue weighted by Crippen LogP contribution is 2.21. The topological polar surface area (TPSA) is 58.2 Å². The van der Waals surface area contributed by atoms with Crippen molar-refractivity contribution in [1.82, 2.24) is 5.32 Å². The maximum absolute atomic E-state index is 12.4. The smallest absolute Gasteiger partial charge is 0.238 e. The SMILES string of the molecule is CC(=O)c1cccc(NC(=O)CNC(c2ccccc2)c2ccccc2)c1. The lowest BCUT2D eigenvalue weighted by molar-refractivity contribution is -0.115. The number of benzene rings is 3. The minimum absolute atomic E-state index is 0.0301. The van der Waals surface area contributed by atoms with E-state index < -0.39 is 0 Å². The Bertz CT molecular complexity index is 868. The summed E-state index contributed by atoms with van der Waals surface area (Å²) in [6.45, 7) is 1.66. The molecule has 3 aromatic carbocycles. The van der Waals surface area contributed by atoms with Gasteiger partial charge in [0, 0.05) is 11.3 Å². The van der Waals surface area contributed by atoms with E-state index in [9.17, 15) is 9.59 Å². The van der Waals surface area contributed by atoms with E-state index in [1.54, 1.807) is 24.3 Å². The van der Waals surface area contributed by atoms with E-state index in [0.717, 1.165) is 11.1 Å². The molecule has 0 heterocycles. The van der Waals surface area contributed by atoms with Crippen LogP contribution >= 0.6 is 0 Å². The Kier molecular flexibility index (Phi) is 6.13. The number of Topliss-reactive ketones (excluding diaryl/α,β-unsaturated/α-hetero) is 1. The van der Waals surface area contributed by atoms with Crippen molar-refractivity contribution in [2.75, 3.05) is 11.9 Å². The second-order valence-electron chi connectivity index (χ2n) is 6.32. The van der Waals surface area contributed by atoms with Gasteiger partial charge >= 0.3 is 0 Å². The molecule has 1 amide bonds. The van der Waals surface area contributed by atoms with E-state index in [-0.39, 0.29) is 24.3 Å². The first-order chi connectivity index (χ1) is 13.1. The van der Waals surface area contributed by atoms with Crippen LogP contribution < -0.4 is 10.6 Å². The monoisotopic (exact) mass is 358 g/mol. The number of nitrogens with one attached hydrogen (secondary N) is 2. The molecule has 27 heavy (non-hydrogen) atoms. The molecule has 0 saturated carbocycles. The average Bonchev–Trinajstić information content (AvgIpc) is 2.70. The normalized spacial score (nSPS) is 10.6. The lowest BCUT2D eigenvalue weighted by Crippen LogP contribution is -2.31. The Morgan fingerprint density at radius 3 is 1.96 bits per heavy atom. The van der Waals surface area contributed by atoms with Crippen LogP contribution in [-0.4, -0.2) is 18.2 Å². The molecule has 0 atom stereocenters. The highest BCUT2D eigenvalue weighted by atomic mass is 16.2. The van der Waals surface area contributed by atoms with E-state index in [1.165, 1.54) is 6.92 Å². The minimum Gasteiger partial charge on any atom is -0.325 e. The summed E-state index contributed by atoms with van der Waals surface area (Å²) < 4.78 is 0. The molecule has 0 radical (unpaired) electrons. The first-order valence-electron chi connectivity index (χ1n) is 8.87. The van der Waals surface area contributed by atoms with Gasteiger partial charge in [-0.2, -0.15) is 0 Å². The fourth-order valence-corrected chi connectivity index (χ4v) is 2.94. The van der Waals surface area contributed by atoms with Gasteiger partial charge in [0.1, 0.15) is 0 Å². The fraction of sp³-hybridized carbons (Fsp3) is 0.130. The number of ketones is 1. The Hall–Kier alpha value is -3.24. The van der Waals surface area contributed by atoms with Crippen molar-refractivity contribution < 1.29 is 9.59 Å². The number of hydrogen-bond donors (Lipinski definition) is 2. The molecule has 3 aromatic rings. The van der Waals surface area contributed by atoms with Crippen LogP contribution in [0.4, 0.5) is 5.69 Å². The van der Waals surface area contributed by atoms with Gasteiger partial charge in [-0.15, -0.1) is 0 Å². The molecule has 3 rings (SSSR count). The molecule has 0 aliphatic rings. The standard InChI is InChI=1S/C23H22N2O2/c1-17(26)20-13-8-14-21(15-20)25-22(27)16-24-23(18-9-4-2-5-10-18)19-11-6-3-7-12-19/h2-15,23-24H,16H2,1H3,(H,25,27). The summed E-state index contributed by atoms with van der Waals surface area (Å²) in [5.41, 5.74) is 3.38. The number of rotatable bonds is 7. The van der Waals surface area contributed by atoms with Crippen molar-refractivity contribution in [2.45, 2.75) is 13.0 Å².